The molecule has 0 saturated heterocycles. The highest BCUT2D eigenvalue weighted by Crippen LogP contribution is 2.26. The Labute approximate surface area is 195 Å². The number of hydrogen-bond donors (Lipinski definition) is 0. The number of hydrogen-bond acceptors (Lipinski definition) is 4. The molecule has 0 amide bonds. The maximum absolute atomic E-state index is 6.12. The number of halogens is 4. The Bertz CT molecular complexity index is 1180. The highest BCUT2D eigenvalue weighted by Gasteiger charge is 2.18. The standard InChI is InChI=1S/C10H11BrClN3.C9H9BrClN3/c1-10(2,3)7-4-8(12)15-9(14-7)6(11)5-13-15;1-5(2)7-3-8(11)14-9(13-7)6(10)4-12-14/h4-5H,1-3H3;3-5H,1-2H3. The molecular formula is C19H20Br2Cl2N6. The summed E-state index contributed by atoms with van der Waals surface area (Å²) in [6.07, 6.45) is 3.39. The molecule has 0 aliphatic carbocycles. The molecule has 6 nitrogen and oxygen atoms in total. The average Bonchev–Trinajstić information content (AvgIpc) is 3.19. The van der Waals surface area contributed by atoms with Crippen LogP contribution in [0.4, 0.5) is 0 Å². The van der Waals surface area contributed by atoms with Crippen molar-refractivity contribution in [3.8, 4) is 0 Å². The van der Waals surface area contributed by atoms with E-state index in [0.29, 0.717) is 16.2 Å². The Kier molecular flexibility index (Phi) is 6.58. The summed E-state index contributed by atoms with van der Waals surface area (Å²) < 4.78 is 4.94. The lowest BCUT2D eigenvalue weighted by atomic mass is 9.92. The highest BCUT2D eigenvalue weighted by molar-refractivity contribution is 9.11. The van der Waals surface area contributed by atoms with Gasteiger partial charge >= 0.3 is 0 Å². The third-order valence-electron chi connectivity index (χ3n) is 4.15. The van der Waals surface area contributed by atoms with Crippen LogP contribution in [0.15, 0.2) is 33.5 Å². The van der Waals surface area contributed by atoms with Crippen LogP contribution in [0.5, 0.6) is 0 Å². The van der Waals surface area contributed by atoms with Crippen LogP contribution < -0.4 is 0 Å². The van der Waals surface area contributed by atoms with Gasteiger partial charge in [0.2, 0.25) is 0 Å². The summed E-state index contributed by atoms with van der Waals surface area (Å²) in [6, 6.07) is 3.70. The van der Waals surface area contributed by atoms with Gasteiger partial charge in [-0.05, 0) is 49.9 Å². The minimum absolute atomic E-state index is 0.0188. The minimum Gasteiger partial charge on any atom is -0.232 e. The minimum atomic E-state index is -0.0188. The van der Waals surface area contributed by atoms with Gasteiger partial charge in [-0.15, -0.1) is 0 Å². The van der Waals surface area contributed by atoms with Crippen LogP contribution in [0.1, 0.15) is 51.9 Å². The fourth-order valence-electron chi connectivity index (χ4n) is 2.50. The molecule has 0 radical (unpaired) electrons. The third-order valence-corrected chi connectivity index (χ3v) is 5.81. The molecule has 0 N–H and O–H groups in total. The first-order valence-electron chi connectivity index (χ1n) is 8.89. The second-order valence-electron chi connectivity index (χ2n) is 7.83. The molecule has 0 spiro atoms. The first-order valence-corrected chi connectivity index (χ1v) is 11.2. The first-order chi connectivity index (χ1) is 13.5. The van der Waals surface area contributed by atoms with Gasteiger partial charge in [-0.1, -0.05) is 57.8 Å². The summed E-state index contributed by atoms with van der Waals surface area (Å²) in [5.74, 6) is 0.360. The van der Waals surface area contributed by atoms with Crippen molar-refractivity contribution in [1.82, 2.24) is 29.2 Å². The monoisotopic (exact) mass is 560 g/mol. The van der Waals surface area contributed by atoms with Gasteiger partial charge in [-0.25, -0.2) is 19.0 Å². The molecule has 0 aromatic carbocycles. The van der Waals surface area contributed by atoms with E-state index >= 15 is 0 Å². The fraction of sp³-hybridized carbons (Fsp3) is 0.368. The van der Waals surface area contributed by atoms with Crippen molar-refractivity contribution in [2.45, 2.75) is 46.0 Å². The van der Waals surface area contributed by atoms with Crippen molar-refractivity contribution in [1.29, 1.82) is 0 Å². The maximum Gasteiger partial charge on any atom is 0.171 e. The number of nitrogens with zero attached hydrogens (tertiary/aromatic N) is 6. The molecule has 0 bridgehead atoms. The SMILES string of the molecule is CC(C)(C)c1cc(Cl)n2ncc(Br)c2n1.CC(C)c1cc(Cl)n2ncc(Br)c2n1. The zero-order valence-electron chi connectivity index (χ0n) is 16.6. The predicted molar refractivity (Wildman–Crippen MR) is 124 cm³/mol. The van der Waals surface area contributed by atoms with E-state index in [1.165, 1.54) is 0 Å². The van der Waals surface area contributed by atoms with E-state index in [9.17, 15) is 0 Å². The third kappa shape index (κ3) is 4.76. The van der Waals surface area contributed by atoms with Gasteiger partial charge in [0.25, 0.3) is 0 Å². The largest absolute Gasteiger partial charge is 0.232 e. The summed E-state index contributed by atoms with van der Waals surface area (Å²) in [5, 5.41) is 9.38. The smallest absolute Gasteiger partial charge is 0.171 e. The molecule has 0 aliphatic rings. The van der Waals surface area contributed by atoms with E-state index in [4.69, 9.17) is 23.2 Å². The van der Waals surface area contributed by atoms with E-state index < -0.39 is 0 Å². The van der Waals surface area contributed by atoms with Gasteiger partial charge in [-0.2, -0.15) is 10.2 Å². The Morgan fingerprint density at radius 3 is 1.83 bits per heavy atom. The van der Waals surface area contributed by atoms with Crippen LogP contribution in [-0.2, 0) is 5.41 Å². The molecule has 4 heterocycles. The van der Waals surface area contributed by atoms with Crippen LogP contribution in [0.25, 0.3) is 11.3 Å². The summed E-state index contributed by atoms with van der Waals surface area (Å²) in [5.41, 5.74) is 3.44. The zero-order valence-corrected chi connectivity index (χ0v) is 21.3. The van der Waals surface area contributed by atoms with E-state index in [0.717, 1.165) is 31.6 Å². The van der Waals surface area contributed by atoms with Crippen molar-refractivity contribution in [3.63, 3.8) is 0 Å². The lowest BCUT2D eigenvalue weighted by Gasteiger charge is -2.18. The zero-order chi connectivity index (χ0) is 21.5. The number of fused-ring (bicyclic) bond motifs is 2. The molecule has 4 aromatic rings. The van der Waals surface area contributed by atoms with Crippen LogP contribution in [0, 0.1) is 0 Å². The van der Waals surface area contributed by atoms with E-state index in [1.54, 1.807) is 21.4 Å². The summed E-state index contributed by atoms with van der Waals surface area (Å²) >= 11 is 19.0. The number of rotatable bonds is 1. The second-order valence-corrected chi connectivity index (χ2v) is 10.3. The first kappa shape index (κ1) is 22.5. The Morgan fingerprint density at radius 1 is 0.862 bits per heavy atom. The molecule has 29 heavy (non-hydrogen) atoms. The Morgan fingerprint density at radius 2 is 1.34 bits per heavy atom. The van der Waals surface area contributed by atoms with E-state index in [1.807, 2.05) is 12.1 Å². The summed E-state index contributed by atoms with van der Waals surface area (Å²) in [4.78, 5) is 9.00. The topological polar surface area (TPSA) is 60.4 Å². The summed E-state index contributed by atoms with van der Waals surface area (Å²) in [6.45, 7) is 10.5. The molecule has 154 valence electrons. The molecular weight excluding hydrogens is 543 g/mol. The van der Waals surface area contributed by atoms with Gasteiger partial charge < -0.3 is 0 Å². The predicted octanol–water partition coefficient (Wildman–Crippen LogP) is 6.71. The summed E-state index contributed by atoms with van der Waals surface area (Å²) in [7, 11) is 0. The van der Waals surface area contributed by atoms with Crippen molar-refractivity contribution in [2.75, 3.05) is 0 Å². The number of aromatic nitrogens is 6. The molecule has 0 unspecified atom stereocenters. The van der Waals surface area contributed by atoms with Crippen molar-refractivity contribution >= 4 is 66.4 Å². The molecule has 0 saturated carbocycles. The molecule has 0 atom stereocenters. The van der Waals surface area contributed by atoms with Gasteiger partial charge in [0.15, 0.2) is 11.3 Å². The molecule has 4 aromatic heterocycles. The van der Waals surface area contributed by atoms with Gasteiger partial charge in [-0.3, -0.25) is 0 Å². The second kappa shape index (κ2) is 8.49. The van der Waals surface area contributed by atoms with Crippen LogP contribution in [-0.4, -0.2) is 29.2 Å². The van der Waals surface area contributed by atoms with Crippen molar-refractivity contribution in [3.05, 3.63) is 55.2 Å². The van der Waals surface area contributed by atoms with Crippen LogP contribution >= 0.6 is 55.1 Å². The lowest BCUT2D eigenvalue weighted by Crippen LogP contribution is -2.14. The highest BCUT2D eigenvalue weighted by atomic mass is 79.9. The van der Waals surface area contributed by atoms with Gasteiger partial charge in [0.05, 0.1) is 27.0 Å². The van der Waals surface area contributed by atoms with Gasteiger partial charge in [0, 0.05) is 11.1 Å². The van der Waals surface area contributed by atoms with E-state index in [-0.39, 0.29) is 5.41 Å². The quantitative estimate of drug-likeness (QED) is 0.242. The Balaban J connectivity index is 0.000000166. The van der Waals surface area contributed by atoms with E-state index in [2.05, 4.69) is 86.6 Å². The Hall–Kier alpha value is -1.22. The average molecular weight is 563 g/mol. The fourth-order valence-corrected chi connectivity index (χ4v) is 3.66. The van der Waals surface area contributed by atoms with Crippen LogP contribution in [0.2, 0.25) is 10.3 Å². The van der Waals surface area contributed by atoms with Crippen molar-refractivity contribution < 1.29 is 0 Å². The molecule has 10 heteroatoms. The van der Waals surface area contributed by atoms with Gasteiger partial charge in [0.1, 0.15) is 10.3 Å². The molecule has 0 fully saturated rings. The molecule has 0 aliphatic heterocycles. The maximum atomic E-state index is 6.12. The van der Waals surface area contributed by atoms with Crippen LogP contribution in [0.3, 0.4) is 0 Å². The van der Waals surface area contributed by atoms with Crippen molar-refractivity contribution in [2.24, 2.45) is 0 Å². The normalized spacial score (nSPS) is 11.9. The lowest BCUT2D eigenvalue weighted by molar-refractivity contribution is 0.568. The molecule has 4 rings (SSSR count).